The van der Waals surface area contributed by atoms with Crippen molar-refractivity contribution in [1.82, 2.24) is 0 Å². The zero-order chi connectivity index (χ0) is 16.8. The van der Waals surface area contributed by atoms with Crippen molar-refractivity contribution in [2.75, 3.05) is 39.2 Å². The lowest BCUT2D eigenvalue weighted by atomic mass is 10.1. The van der Waals surface area contributed by atoms with E-state index in [1.807, 2.05) is 13.8 Å². The maximum Gasteiger partial charge on any atom is 0.186 e. The number of hydrogen-bond donors (Lipinski definition) is 0. The molecular weight excluding hydrogens is 326 g/mol. The number of ether oxygens (including phenoxy) is 4. The molecule has 0 bridgehead atoms. The van der Waals surface area contributed by atoms with Crippen LogP contribution in [-0.2, 0) is 28.1 Å². The van der Waals surface area contributed by atoms with Crippen molar-refractivity contribution in [2.24, 2.45) is 0 Å². The molecule has 2 fully saturated rings. The van der Waals surface area contributed by atoms with E-state index in [9.17, 15) is 9.13 Å². The zero-order valence-corrected chi connectivity index (χ0v) is 16.1. The van der Waals surface area contributed by atoms with Crippen LogP contribution in [0.5, 0.6) is 0 Å². The first kappa shape index (κ1) is 18.6. The molecule has 0 saturated carbocycles. The second kappa shape index (κ2) is 6.31. The Bertz CT molecular complexity index is 500. The summed E-state index contributed by atoms with van der Waals surface area (Å²) in [7, 11) is -3.16. The molecule has 0 amide bonds. The van der Waals surface area contributed by atoms with E-state index in [0.717, 1.165) is 0 Å². The SMILES string of the molecule is CO[C@@H]1O[C@H](CCP(C)(=O)CP(C)(C)=O)C2OC(C)(C)O[C@@H]21. The maximum atomic E-state index is 12.6. The van der Waals surface area contributed by atoms with E-state index >= 15 is 0 Å². The normalized spacial score (nSPS) is 37.0. The van der Waals surface area contributed by atoms with Crippen LogP contribution in [-0.4, -0.2) is 69.6 Å². The van der Waals surface area contributed by atoms with Gasteiger partial charge in [-0.3, -0.25) is 0 Å². The summed E-state index contributed by atoms with van der Waals surface area (Å²) in [4.78, 5) is 0. The van der Waals surface area contributed by atoms with Gasteiger partial charge in [0.2, 0.25) is 0 Å². The van der Waals surface area contributed by atoms with E-state index in [1.54, 1.807) is 27.1 Å². The lowest BCUT2D eigenvalue weighted by molar-refractivity contribution is -0.227. The molecule has 0 spiro atoms. The first-order valence-corrected chi connectivity index (χ1v) is 12.9. The Morgan fingerprint density at radius 1 is 1.09 bits per heavy atom. The van der Waals surface area contributed by atoms with Crippen molar-refractivity contribution < 1.29 is 28.1 Å². The highest BCUT2D eigenvalue weighted by Gasteiger charge is 2.55. The molecule has 0 aromatic rings. The zero-order valence-electron chi connectivity index (χ0n) is 14.3. The molecule has 2 unspecified atom stereocenters. The van der Waals surface area contributed by atoms with E-state index in [1.165, 1.54) is 0 Å². The van der Waals surface area contributed by atoms with Crippen molar-refractivity contribution in [3.05, 3.63) is 0 Å². The molecule has 2 saturated heterocycles. The van der Waals surface area contributed by atoms with Gasteiger partial charge in [-0.2, -0.15) is 0 Å². The molecular formula is C14H28O6P2. The summed E-state index contributed by atoms with van der Waals surface area (Å²) in [5.74, 6) is -0.357. The second-order valence-corrected chi connectivity index (χ2v) is 14.7. The Labute approximate surface area is 133 Å². The molecule has 0 aromatic carbocycles. The van der Waals surface area contributed by atoms with Gasteiger partial charge in [-0.25, -0.2) is 0 Å². The van der Waals surface area contributed by atoms with Crippen molar-refractivity contribution in [3.8, 4) is 0 Å². The molecule has 2 rings (SSSR count). The van der Waals surface area contributed by atoms with Crippen LogP contribution in [0.3, 0.4) is 0 Å². The summed E-state index contributed by atoms with van der Waals surface area (Å²) < 4.78 is 47.4. The van der Waals surface area contributed by atoms with Crippen LogP contribution in [0.15, 0.2) is 0 Å². The molecule has 22 heavy (non-hydrogen) atoms. The molecule has 0 aliphatic carbocycles. The highest BCUT2D eigenvalue weighted by molar-refractivity contribution is 7.79. The highest BCUT2D eigenvalue weighted by Crippen LogP contribution is 2.56. The minimum atomic E-state index is -2.44. The predicted molar refractivity (Wildman–Crippen MR) is 86.8 cm³/mol. The number of hydrogen-bond acceptors (Lipinski definition) is 6. The molecule has 2 heterocycles. The summed E-state index contributed by atoms with van der Waals surface area (Å²) >= 11 is 0. The van der Waals surface area contributed by atoms with Gasteiger partial charge in [0.1, 0.15) is 12.2 Å². The van der Waals surface area contributed by atoms with Crippen LogP contribution in [0.1, 0.15) is 20.3 Å². The minimum absolute atomic E-state index is 0.210. The van der Waals surface area contributed by atoms with Crippen molar-refractivity contribution in [1.29, 1.82) is 0 Å². The van der Waals surface area contributed by atoms with Gasteiger partial charge in [-0.1, -0.05) is 0 Å². The third kappa shape index (κ3) is 4.66. The van der Waals surface area contributed by atoms with Crippen molar-refractivity contribution >= 4 is 14.3 Å². The first-order valence-electron chi connectivity index (χ1n) is 7.56. The highest BCUT2D eigenvalue weighted by atomic mass is 31.2. The fourth-order valence-electron chi connectivity index (χ4n) is 3.26. The van der Waals surface area contributed by atoms with Crippen LogP contribution in [0.25, 0.3) is 0 Å². The molecule has 2 aliphatic heterocycles. The molecule has 2 aliphatic rings. The Kier molecular flexibility index (Phi) is 5.34. The number of rotatable bonds is 6. The number of fused-ring (bicyclic) bond motifs is 1. The van der Waals surface area contributed by atoms with Crippen molar-refractivity contribution in [2.45, 2.75) is 50.7 Å². The van der Waals surface area contributed by atoms with Crippen LogP contribution >= 0.6 is 14.3 Å². The number of methoxy groups -OCH3 is 1. The van der Waals surface area contributed by atoms with Crippen LogP contribution in [0.2, 0.25) is 0 Å². The van der Waals surface area contributed by atoms with Crippen LogP contribution in [0.4, 0.5) is 0 Å². The molecule has 5 atom stereocenters. The molecule has 6 nitrogen and oxygen atoms in total. The Morgan fingerprint density at radius 2 is 1.68 bits per heavy atom. The topological polar surface area (TPSA) is 71.1 Å². The average molecular weight is 354 g/mol. The summed E-state index contributed by atoms with van der Waals surface area (Å²) in [6.07, 6.45) is -0.0599. The second-order valence-electron chi connectivity index (χ2n) is 7.37. The van der Waals surface area contributed by atoms with E-state index in [0.29, 0.717) is 18.5 Å². The van der Waals surface area contributed by atoms with Gasteiger partial charge in [-0.05, 0) is 40.3 Å². The largest absolute Gasteiger partial charge is 0.353 e. The summed E-state index contributed by atoms with van der Waals surface area (Å²) in [5.41, 5.74) is 0. The van der Waals surface area contributed by atoms with Gasteiger partial charge >= 0.3 is 0 Å². The van der Waals surface area contributed by atoms with Gasteiger partial charge in [0.15, 0.2) is 12.1 Å². The monoisotopic (exact) mass is 354 g/mol. The fraction of sp³-hybridized carbons (Fsp3) is 1.00. The lowest BCUT2D eigenvalue weighted by Crippen LogP contribution is -2.30. The quantitative estimate of drug-likeness (QED) is 0.683. The minimum Gasteiger partial charge on any atom is -0.353 e. The lowest BCUT2D eigenvalue weighted by Gasteiger charge is -2.24. The van der Waals surface area contributed by atoms with Crippen LogP contribution in [0, 0.1) is 0 Å². The van der Waals surface area contributed by atoms with E-state index in [-0.39, 0.29) is 18.3 Å². The predicted octanol–water partition coefficient (Wildman–Crippen LogP) is 2.84. The maximum absolute atomic E-state index is 12.6. The third-order valence-electron chi connectivity index (χ3n) is 3.87. The Hall–Kier alpha value is 0.300. The van der Waals surface area contributed by atoms with E-state index in [4.69, 9.17) is 18.9 Å². The standard InChI is InChI=1S/C14H28O6P2/c1-14(2)19-11-10(18-13(17-3)12(11)20-14)7-8-22(6,16)9-21(4,5)15/h10-13H,7-9H2,1-6H3/t10-,11?,12+,13-,22?/m1/s1. The first-order chi connectivity index (χ1) is 9.92. The smallest absolute Gasteiger partial charge is 0.186 e. The molecule has 0 radical (unpaired) electrons. The Balaban J connectivity index is 1.98. The molecule has 8 heteroatoms. The van der Waals surface area contributed by atoms with Gasteiger partial charge < -0.3 is 28.1 Å². The summed E-state index contributed by atoms with van der Waals surface area (Å²) in [6.45, 7) is 8.82. The summed E-state index contributed by atoms with van der Waals surface area (Å²) in [6, 6.07) is 0. The van der Waals surface area contributed by atoms with Gasteiger partial charge in [-0.15, -0.1) is 0 Å². The molecule has 0 aromatic heterocycles. The van der Waals surface area contributed by atoms with Gasteiger partial charge in [0, 0.05) is 13.3 Å². The van der Waals surface area contributed by atoms with E-state index in [2.05, 4.69) is 0 Å². The third-order valence-corrected chi connectivity index (χ3v) is 10.2. The summed E-state index contributed by atoms with van der Waals surface area (Å²) in [5, 5.41) is 0. The fourth-order valence-corrected chi connectivity index (χ4v) is 10.4. The van der Waals surface area contributed by atoms with Gasteiger partial charge in [0.05, 0.1) is 26.3 Å². The molecule has 0 N–H and O–H groups in total. The van der Waals surface area contributed by atoms with Crippen molar-refractivity contribution in [3.63, 3.8) is 0 Å². The molecule has 130 valence electrons. The van der Waals surface area contributed by atoms with E-state index < -0.39 is 26.4 Å². The van der Waals surface area contributed by atoms with Gasteiger partial charge in [0.25, 0.3) is 0 Å². The average Bonchev–Trinajstić information content (AvgIpc) is 2.76. The van der Waals surface area contributed by atoms with Crippen LogP contribution < -0.4 is 0 Å². The Morgan fingerprint density at radius 3 is 2.23 bits per heavy atom.